The number of aliphatic hydroxyl groups excluding tert-OH is 1. The molecule has 228 valence electrons. The van der Waals surface area contributed by atoms with Crippen molar-refractivity contribution >= 4 is 35.3 Å². The smallest absolute Gasteiger partial charge is 0.418 e. The van der Waals surface area contributed by atoms with Gasteiger partial charge in [-0.05, 0) is 55.8 Å². The molecule has 2 aliphatic heterocycles. The second-order valence-electron chi connectivity index (χ2n) is 10.2. The second kappa shape index (κ2) is 12.6. The Balaban J connectivity index is 1.70. The third-order valence-electron chi connectivity index (χ3n) is 7.27. The number of hydrogen-bond donors (Lipinski definition) is 3. The number of ether oxygens (including phenoxy) is 1. The lowest BCUT2D eigenvalue weighted by Gasteiger charge is -2.39. The van der Waals surface area contributed by atoms with E-state index in [0.29, 0.717) is 56.6 Å². The molecule has 0 unspecified atom stereocenters. The first-order valence-electron chi connectivity index (χ1n) is 13.1. The molecule has 0 saturated carbocycles. The van der Waals surface area contributed by atoms with Crippen molar-refractivity contribution in [3.8, 4) is 0 Å². The van der Waals surface area contributed by atoms with Gasteiger partial charge in [-0.2, -0.15) is 30.9 Å². The molecule has 0 radical (unpaired) electrons. The summed E-state index contributed by atoms with van der Waals surface area (Å²) in [5, 5.41) is 13.4. The van der Waals surface area contributed by atoms with Crippen molar-refractivity contribution < 1.29 is 45.6 Å². The van der Waals surface area contributed by atoms with Crippen molar-refractivity contribution in [2.45, 2.75) is 40.5 Å². The zero-order valence-electron chi connectivity index (χ0n) is 22.7. The minimum Gasteiger partial charge on any atom is -0.460 e. The number of nitrogens with zero attached hydrogens (tertiary/aromatic N) is 2. The number of primary amides is 1. The number of benzene rings is 2. The summed E-state index contributed by atoms with van der Waals surface area (Å²) in [6, 6.07) is 8.03. The molecular formula is C28H31F6N4O3S+. The van der Waals surface area contributed by atoms with Gasteiger partial charge in [-0.15, -0.1) is 0 Å². The Morgan fingerprint density at radius 3 is 2.31 bits per heavy atom. The van der Waals surface area contributed by atoms with Gasteiger partial charge in [0.1, 0.15) is 18.8 Å². The van der Waals surface area contributed by atoms with E-state index in [2.05, 4.69) is 5.32 Å². The SMILES string of the molecule is CN1CCC(Nc2cccc(Sc3ccc(/C=C/C(O)=[N+]4CCOCC4)c(C(F)(F)F)c3C(F)(F)F)c2)(C(N)=O)CC1. The number of nitrogens with two attached hydrogens (primary N) is 1. The van der Waals surface area contributed by atoms with Crippen molar-refractivity contribution in [1.29, 1.82) is 0 Å². The van der Waals surface area contributed by atoms with Gasteiger partial charge >= 0.3 is 18.3 Å². The number of amides is 1. The number of rotatable bonds is 7. The first kappa shape index (κ1) is 31.7. The molecule has 7 nitrogen and oxygen atoms in total. The normalized spacial score (nSPS) is 18.3. The number of carbonyl (C=O) groups is 1. The largest absolute Gasteiger partial charge is 0.460 e. The number of carbonyl (C=O) groups excluding carboxylic acids is 1. The number of likely N-dealkylation sites (tertiary alicyclic amines) is 1. The molecule has 4 rings (SSSR count). The summed E-state index contributed by atoms with van der Waals surface area (Å²) in [6.45, 7) is 2.37. The Morgan fingerprint density at radius 2 is 1.71 bits per heavy atom. The maximum absolute atomic E-state index is 14.3. The molecule has 2 heterocycles. The van der Waals surface area contributed by atoms with E-state index in [1.54, 1.807) is 6.07 Å². The summed E-state index contributed by atoms with van der Waals surface area (Å²) in [6.07, 6.45) is -8.08. The molecule has 42 heavy (non-hydrogen) atoms. The number of anilines is 1. The third kappa shape index (κ3) is 7.39. The summed E-state index contributed by atoms with van der Waals surface area (Å²) >= 11 is 0.526. The van der Waals surface area contributed by atoms with Crippen LogP contribution in [0.15, 0.2) is 52.3 Å². The standard InChI is InChI=1S/C28H30F6N4O3S/c1-37-11-9-26(10-12-37,25(35)40)36-19-3-2-4-20(17-19)42-21-7-5-18(6-8-22(39)38-13-15-41-16-14-38)23(27(29,30)31)24(21)28(32,33)34/h2-8,17,36H,9-16H2,1H3,(H2,35,40)/p+1/b8-6+. The molecule has 2 saturated heterocycles. The van der Waals surface area contributed by atoms with Gasteiger partial charge in [0, 0.05) is 28.6 Å². The number of aliphatic hydroxyl groups is 1. The third-order valence-corrected chi connectivity index (χ3v) is 8.32. The highest BCUT2D eigenvalue weighted by Crippen LogP contribution is 2.48. The van der Waals surface area contributed by atoms with Crippen LogP contribution < -0.4 is 11.1 Å². The highest BCUT2D eigenvalue weighted by Gasteiger charge is 2.46. The number of alkyl halides is 6. The number of morpholine rings is 1. The quantitative estimate of drug-likeness (QED) is 0.224. The fourth-order valence-electron chi connectivity index (χ4n) is 4.95. The van der Waals surface area contributed by atoms with Gasteiger partial charge in [-0.3, -0.25) is 4.79 Å². The predicted octanol–water partition coefficient (Wildman–Crippen LogP) is 5.25. The van der Waals surface area contributed by atoms with E-state index in [1.165, 1.54) is 22.8 Å². The summed E-state index contributed by atoms with van der Waals surface area (Å²) in [4.78, 5) is 14.0. The van der Waals surface area contributed by atoms with Crippen molar-refractivity contribution in [2.75, 3.05) is 51.8 Å². The van der Waals surface area contributed by atoms with Crippen LogP contribution in [-0.2, 0) is 21.9 Å². The van der Waals surface area contributed by atoms with Gasteiger partial charge in [0.25, 0.3) is 0 Å². The van der Waals surface area contributed by atoms with Crippen LogP contribution in [0.5, 0.6) is 0 Å². The maximum atomic E-state index is 14.3. The van der Waals surface area contributed by atoms with Gasteiger partial charge < -0.3 is 25.8 Å². The van der Waals surface area contributed by atoms with E-state index >= 15 is 0 Å². The van der Waals surface area contributed by atoms with Crippen LogP contribution in [-0.4, -0.2) is 78.4 Å². The Labute approximate surface area is 243 Å². The van der Waals surface area contributed by atoms with Gasteiger partial charge in [-0.1, -0.05) is 23.9 Å². The van der Waals surface area contributed by atoms with Gasteiger partial charge in [0.05, 0.1) is 17.2 Å². The summed E-state index contributed by atoms with van der Waals surface area (Å²) < 4.78 is 92.1. The Kier molecular flexibility index (Phi) is 9.48. The number of halogens is 6. The van der Waals surface area contributed by atoms with Crippen molar-refractivity contribution in [3.63, 3.8) is 0 Å². The van der Waals surface area contributed by atoms with E-state index in [1.807, 2.05) is 11.9 Å². The van der Waals surface area contributed by atoms with Crippen LogP contribution in [0, 0.1) is 0 Å². The monoisotopic (exact) mass is 617 g/mol. The van der Waals surface area contributed by atoms with Crippen LogP contribution in [0.25, 0.3) is 6.08 Å². The summed E-state index contributed by atoms with van der Waals surface area (Å²) in [5.41, 5.74) is 0.630. The van der Waals surface area contributed by atoms with Crippen molar-refractivity contribution in [2.24, 2.45) is 5.73 Å². The van der Waals surface area contributed by atoms with Crippen LogP contribution in [0.1, 0.15) is 29.5 Å². The van der Waals surface area contributed by atoms with E-state index in [4.69, 9.17) is 10.5 Å². The second-order valence-corrected chi connectivity index (χ2v) is 11.3. The van der Waals surface area contributed by atoms with Crippen LogP contribution in [0.4, 0.5) is 32.0 Å². The molecule has 1 amide bonds. The highest BCUT2D eigenvalue weighted by molar-refractivity contribution is 7.99. The van der Waals surface area contributed by atoms with Crippen molar-refractivity contribution in [1.82, 2.24) is 4.90 Å². The zero-order valence-corrected chi connectivity index (χ0v) is 23.5. The highest BCUT2D eigenvalue weighted by atomic mass is 32.2. The molecule has 0 spiro atoms. The van der Waals surface area contributed by atoms with Crippen LogP contribution in [0.2, 0.25) is 0 Å². The topological polar surface area (TPSA) is 90.8 Å². The molecule has 2 fully saturated rings. The first-order chi connectivity index (χ1) is 19.7. The Bertz CT molecular complexity index is 1360. The van der Waals surface area contributed by atoms with Crippen LogP contribution in [0.3, 0.4) is 0 Å². The lowest BCUT2D eigenvalue weighted by atomic mass is 9.86. The van der Waals surface area contributed by atoms with Gasteiger partial charge in [0.2, 0.25) is 5.91 Å². The molecule has 0 bridgehead atoms. The van der Waals surface area contributed by atoms with Crippen LogP contribution >= 0.6 is 11.8 Å². The zero-order chi connectivity index (χ0) is 30.7. The molecular weight excluding hydrogens is 586 g/mol. The van der Waals surface area contributed by atoms with E-state index in [9.17, 15) is 36.2 Å². The molecule has 14 heteroatoms. The molecule has 0 aliphatic carbocycles. The summed E-state index contributed by atoms with van der Waals surface area (Å²) in [7, 11) is 1.90. The average Bonchev–Trinajstić information content (AvgIpc) is 2.92. The molecule has 2 aromatic carbocycles. The molecule has 0 atom stereocenters. The Hall–Kier alpha value is -3.23. The van der Waals surface area contributed by atoms with E-state index in [0.717, 1.165) is 24.3 Å². The summed E-state index contributed by atoms with van der Waals surface area (Å²) in [5.74, 6) is -0.940. The number of hydrogen-bond acceptors (Lipinski definition) is 5. The van der Waals surface area contributed by atoms with Gasteiger partial charge in [0.15, 0.2) is 13.1 Å². The average molecular weight is 618 g/mol. The molecule has 2 aliphatic rings. The maximum Gasteiger partial charge on any atom is 0.418 e. The van der Waals surface area contributed by atoms with Crippen molar-refractivity contribution in [3.05, 3.63) is 59.2 Å². The first-order valence-corrected chi connectivity index (χ1v) is 13.9. The fourth-order valence-corrected chi connectivity index (χ4v) is 5.99. The molecule has 4 N–H and O–H groups in total. The number of piperidine rings is 1. The molecule has 2 aromatic rings. The lowest BCUT2D eigenvalue weighted by Crippen LogP contribution is -2.56. The lowest BCUT2D eigenvalue weighted by molar-refractivity contribution is -0.555. The van der Waals surface area contributed by atoms with Gasteiger partial charge in [-0.25, -0.2) is 0 Å². The minimum absolute atomic E-state index is 0.229. The molecule has 0 aromatic heterocycles. The fraction of sp³-hybridized carbons (Fsp3) is 0.429. The minimum atomic E-state index is -5.35. The van der Waals surface area contributed by atoms with E-state index in [-0.39, 0.29) is 23.9 Å². The predicted molar refractivity (Wildman–Crippen MR) is 147 cm³/mol. The number of nitrogens with one attached hydrogen (secondary N) is 1. The van der Waals surface area contributed by atoms with E-state index < -0.39 is 45.4 Å². The Morgan fingerprint density at radius 1 is 1.07 bits per heavy atom.